The Morgan fingerprint density at radius 2 is 2.00 bits per heavy atom. The molecule has 136 valence electrons. The van der Waals surface area contributed by atoms with Crippen LogP contribution in [0.4, 0.5) is 5.82 Å². The molecule has 3 aromatic heterocycles. The van der Waals surface area contributed by atoms with Gasteiger partial charge in [0.05, 0.1) is 5.69 Å². The van der Waals surface area contributed by atoms with Crippen LogP contribution >= 0.6 is 0 Å². The quantitative estimate of drug-likeness (QED) is 0.737. The van der Waals surface area contributed by atoms with Gasteiger partial charge in [-0.2, -0.15) is 5.10 Å². The van der Waals surface area contributed by atoms with Crippen LogP contribution in [0.1, 0.15) is 30.8 Å². The van der Waals surface area contributed by atoms with Gasteiger partial charge in [-0.05, 0) is 32.0 Å². The average molecular weight is 352 g/mol. The van der Waals surface area contributed by atoms with Crippen LogP contribution < -0.4 is 10.9 Å². The maximum absolute atomic E-state index is 11.9. The molecule has 0 atom stereocenters. The average Bonchev–Trinajstić information content (AvgIpc) is 3.05. The number of hydrogen-bond acceptors (Lipinski definition) is 5. The number of nitrogens with zero attached hydrogens (tertiary/aromatic N) is 4. The van der Waals surface area contributed by atoms with Crippen LogP contribution in [0.3, 0.4) is 0 Å². The number of rotatable bonds is 5. The van der Waals surface area contributed by atoms with Crippen molar-refractivity contribution in [2.24, 2.45) is 7.05 Å². The minimum absolute atomic E-state index is 0.119. The lowest BCUT2D eigenvalue weighted by Gasteiger charge is -2.23. The van der Waals surface area contributed by atoms with Crippen LogP contribution in [0.2, 0.25) is 0 Å². The third kappa shape index (κ3) is 3.66. The Balaban J connectivity index is 1.73. The zero-order valence-corrected chi connectivity index (χ0v) is 15.8. The topological polar surface area (TPSA) is 88.5 Å². The van der Waals surface area contributed by atoms with Crippen molar-refractivity contribution in [2.75, 3.05) is 11.9 Å². The molecule has 3 heterocycles. The van der Waals surface area contributed by atoms with Gasteiger partial charge in [0.1, 0.15) is 11.6 Å². The second-order valence-electron chi connectivity index (χ2n) is 7.17. The SMILES string of the molecule is Cc1nc(-c2ccc(NCC(C)(C)c3ccn(C)n3)nc2)[nH]c(=O)c1C. The highest BCUT2D eigenvalue weighted by atomic mass is 16.1. The molecule has 0 aromatic carbocycles. The van der Waals surface area contributed by atoms with Crippen LogP contribution in [0.5, 0.6) is 0 Å². The number of nitrogens with one attached hydrogen (secondary N) is 2. The van der Waals surface area contributed by atoms with Gasteiger partial charge in [0.2, 0.25) is 0 Å². The lowest BCUT2D eigenvalue weighted by molar-refractivity contribution is 0.525. The van der Waals surface area contributed by atoms with Gasteiger partial charge < -0.3 is 10.3 Å². The number of aromatic amines is 1. The molecule has 0 aliphatic heterocycles. The van der Waals surface area contributed by atoms with Crippen LogP contribution in [0.15, 0.2) is 35.4 Å². The number of aromatic nitrogens is 5. The standard InChI is InChI=1S/C19H24N6O/c1-12-13(2)22-17(23-18(12)26)14-6-7-16(20-10-14)21-11-19(3,4)15-8-9-25(5)24-15/h6-10H,11H2,1-5H3,(H,20,21)(H,22,23,26). The monoisotopic (exact) mass is 352 g/mol. The summed E-state index contributed by atoms with van der Waals surface area (Å²) in [6.45, 7) is 8.58. The Hall–Kier alpha value is -2.96. The van der Waals surface area contributed by atoms with Gasteiger partial charge in [-0.1, -0.05) is 13.8 Å². The molecule has 3 aromatic rings. The zero-order valence-electron chi connectivity index (χ0n) is 15.8. The lowest BCUT2D eigenvalue weighted by atomic mass is 9.89. The van der Waals surface area contributed by atoms with Crippen LogP contribution in [-0.2, 0) is 12.5 Å². The molecule has 0 unspecified atom stereocenters. The molecule has 0 saturated carbocycles. The first-order valence-corrected chi connectivity index (χ1v) is 8.54. The van der Waals surface area contributed by atoms with E-state index in [1.165, 1.54) is 0 Å². The minimum atomic E-state index is -0.123. The fourth-order valence-corrected chi connectivity index (χ4v) is 2.60. The van der Waals surface area contributed by atoms with E-state index in [4.69, 9.17) is 0 Å². The van der Waals surface area contributed by atoms with Gasteiger partial charge in [-0.25, -0.2) is 9.97 Å². The smallest absolute Gasteiger partial charge is 0.254 e. The van der Waals surface area contributed by atoms with E-state index in [9.17, 15) is 4.79 Å². The molecule has 26 heavy (non-hydrogen) atoms. The second kappa shape index (κ2) is 6.74. The molecule has 0 aliphatic rings. The van der Waals surface area contributed by atoms with E-state index < -0.39 is 0 Å². The molecule has 7 nitrogen and oxygen atoms in total. The summed E-state index contributed by atoms with van der Waals surface area (Å²) in [4.78, 5) is 23.6. The van der Waals surface area contributed by atoms with Gasteiger partial charge in [-0.15, -0.1) is 0 Å². The van der Waals surface area contributed by atoms with Gasteiger partial charge in [0.15, 0.2) is 0 Å². The van der Waals surface area contributed by atoms with Gasteiger partial charge in [-0.3, -0.25) is 9.48 Å². The van der Waals surface area contributed by atoms with Gasteiger partial charge in [0, 0.05) is 48.2 Å². The van der Waals surface area contributed by atoms with E-state index >= 15 is 0 Å². The van der Waals surface area contributed by atoms with Crippen molar-refractivity contribution >= 4 is 5.82 Å². The molecular formula is C19H24N6O. The van der Waals surface area contributed by atoms with Gasteiger partial charge >= 0.3 is 0 Å². The first-order valence-electron chi connectivity index (χ1n) is 8.54. The summed E-state index contributed by atoms with van der Waals surface area (Å²) in [7, 11) is 1.92. The van der Waals surface area contributed by atoms with Crippen LogP contribution in [-0.4, -0.2) is 31.3 Å². The largest absolute Gasteiger partial charge is 0.369 e. The van der Waals surface area contributed by atoms with Crippen molar-refractivity contribution in [3.05, 3.63) is 57.9 Å². The van der Waals surface area contributed by atoms with Crippen molar-refractivity contribution in [3.8, 4) is 11.4 Å². The van der Waals surface area contributed by atoms with E-state index in [0.717, 1.165) is 22.8 Å². The predicted octanol–water partition coefficient (Wildman–Crippen LogP) is 2.57. The maximum atomic E-state index is 11.9. The second-order valence-corrected chi connectivity index (χ2v) is 7.17. The summed E-state index contributed by atoms with van der Waals surface area (Å²) in [5.74, 6) is 1.30. The molecule has 0 fully saturated rings. The lowest BCUT2D eigenvalue weighted by Crippen LogP contribution is -2.28. The normalized spacial score (nSPS) is 11.6. The number of anilines is 1. The minimum Gasteiger partial charge on any atom is -0.369 e. The van der Waals surface area contributed by atoms with Crippen LogP contribution in [0.25, 0.3) is 11.4 Å². The number of aryl methyl sites for hydroxylation is 2. The fraction of sp³-hybridized carbons (Fsp3) is 0.368. The summed E-state index contributed by atoms with van der Waals surface area (Å²) in [5, 5.41) is 7.84. The van der Waals surface area contributed by atoms with E-state index in [2.05, 4.69) is 39.2 Å². The van der Waals surface area contributed by atoms with Crippen molar-refractivity contribution in [1.29, 1.82) is 0 Å². The van der Waals surface area contributed by atoms with E-state index in [1.54, 1.807) is 13.1 Å². The van der Waals surface area contributed by atoms with Crippen LogP contribution in [0, 0.1) is 13.8 Å². The third-order valence-corrected chi connectivity index (χ3v) is 4.55. The predicted molar refractivity (Wildman–Crippen MR) is 102 cm³/mol. The summed E-state index contributed by atoms with van der Waals surface area (Å²) in [6.07, 6.45) is 3.66. The fourth-order valence-electron chi connectivity index (χ4n) is 2.60. The molecular weight excluding hydrogens is 328 g/mol. The molecule has 0 aliphatic carbocycles. The molecule has 2 N–H and O–H groups in total. The van der Waals surface area contributed by atoms with E-state index in [1.807, 2.05) is 43.0 Å². The number of H-pyrrole nitrogens is 1. The van der Waals surface area contributed by atoms with Crippen molar-refractivity contribution in [1.82, 2.24) is 24.7 Å². The summed E-state index contributed by atoms with van der Waals surface area (Å²) < 4.78 is 1.81. The molecule has 0 radical (unpaired) electrons. The highest BCUT2D eigenvalue weighted by Gasteiger charge is 2.23. The highest BCUT2D eigenvalue weighted by molar-refractivity contribution is 5.56. The highest BCUT2D eigenvalue weighted by Crippen LogP contribution is 2.22. The first-order chi connectivity index (χ1) is 12.3. The number of pyridine rings is 1. The molecule has 3 rings (SSSR count). The Bertz CT molecular complexity index is 968. The molecule has 0 bridgehead atoms. The molecule has 7 heteroatoms. The molecule has 0 spiro atoms. The third-order valence-electron chi connectivity index (χ3n) is 4.55. The summed E-state index contributed by atoms with van der Waals surface area (Å²) >= 11 is 0. The van der Waals surface area contributed by atoms with Crippen molar-refractivity contribution in [3.63, 3.8) is 0 Å². The van der Waals surface area contributed by atoms with Crippen molar-refractivity contribution < 1.29 is 0 Å². The van der Waals surface area contributed by atoms with Gasteiger partial charge in [0.25, 0.3) is 5.56 Å². The maximum Gasteiger partial charge on any atom is 0.254 e. The zero-order chi connectivity index (χ0) is 18.9. The van der Waals surface area contributed by atoms with E-state index in [-0.39, 0.29) is 11.0 Å². The summed E-state index contributed by atoms with van der Waals surface area (Å²) in [5.41, 5.74) is 2.93. The first kappa shape index (κ1) is 17.8. The molecule has 0 saturated heterocycles. The summed E-state index contributed by atoms with van der Waals surface area (Å²) in [6, 6.07) is 5.81. The Kier molecular flexibility index (Phi) is 4.63. The van der Waals surface area contributed by atoms with E-state index in [0.29, 0.717) is 17.9 Å². The Morgan fingerprint density at radius 3 is 2.58 bits per heavy atom. The Morgan fingerprint density at radius 1 is 1.23 bits per heavy atom. The Labute approximate surface area is 152 Å². The van der Waals surface area contributed by atoms with Crippen molar-refractivity contribution in [2.45, 2.75) is 33.1 Å². The molecule has 0 amide bonds. The number of hydrogen-bond donors (Lipinski definition) is 2.